The van der Waals surface area contributed by atoms with E-state index in [1.165, 1.54) is 0 Å². The number of hydrogen-bond acceptors (Lipinski definition) is 5. The Morgan fingerprint density at radius 1 is 1.53 bits per heavy atom. The Morgan fingerprint density at radius 2 is 2.18 bits per heavy atom. The van der Waals surface area contributed by atoms with Crippen LogP contribution in [0.2, 0.25) is 0 Å². The molecule has 0 aliphatic carbocycles. The van der Waals surface area contributed by atoms with Crippen LogP contribution in [0.3, 0.4) is 0 Å². The smallest absolute Gasteiger partial charge is 0.255 e. The maximum absolute atomic E-state index is 12.8. The highest BCUT2D eigenvalue weighted by Crippen LogP contribution is 2.09. The van der Waals surface area contributed by atoms with Crippen molar-refractivity contribution in [2.24, 2.45) is 5.14 Å². The summed E-state index contributed by atoms with van der Waals surface area (Å²) in [5, 5.41) is 6.98. The third-order valence-corrected chi connectivity index (χ3v) is 2.58. The fraction of sp³-hybridized carbons (Fsp3) is 0.250. The highest BCUT2D eigenvalue weighted by atomic mass is 32.2. The fourth-order valence-electron chi connectivity index (χ4n) is 1.03. The number of amides is 1. The van der Waals surface area contributed by atoms with E-state index in [0.29, 0.717) is 0 Å². The predicted octanol–water partition coefficient (Wildman–Crippen LogP) is -1.18. The lowest BCUT2D eigenvalue weighted by Crippen LogP contribution is -2.32. The Morgan fingerprint density at radius 3 is 2.76 bits per heavy atom. The summed E-state index contributed by atoms with van der Waals surface area (Å²) in [6.07, 6.45) is 0.871. The molecule has 0 radical (unpaired) electrons. The summed E-state index contributed by atoms with van der Waals surface area (Å²) in [4.78, 5) is 14.9. The zero-order chi connectivity index (χ0) is 13.1. The number of nitrogens with zero attached hydrogens (tertiary/aromatic N) is 1. The van der Waals surface area contributed by atoms with Crippen molar-refractivity contribution < 1.29 is 17.6 Å². The van der Waals surface area contributed by atoms with Crippen molar-refractivity contribution >= 4 is 21.7 Å². The molecule has 0 aliphatic rings. The van der Waals surface area contributed by atoms with Gasteiger partial charge in [-0.2, -0.15) is 0 Å². The van der Waals surface area contributed by atoms with Gasteiger partial charge in [0.05, 0.1) is 17.5 Å². The Hall–Kier alpha value is -1.74. The Bertz CT molecular complexity index is 532. The van der Waals surface area contributed by atoms with Crippen LogP contribution in [0.15, 0.2) is 12.3 Å². The number of nitrogen functional groups attached to an aromatic ring is 1. The number of anilines is 1. The first-order valence-electron chi connectivity index (χ1n) is 4.49. The first-order valence-corrected chi connectivity index (χ1v) is 6.21. The van der Waals surface area contributed by atoms with Crippen LogP contribution in [0, 0.1) is 5.82 Å². The zero-order valence-electron chi connectivity index (χ0n) is 8.68. The molecule has 0 bridgehead atoms. The molecule has 0 unspecified atom stereocenters. The number of carbonyl (C=O) groups is 1. The number of rotatable bonds is 4. The Labute approximate surface area is 97.1 Å². The summed E-state index contributed by atoms with van der Waals surface area (Å²) in [7, 11) is -3.66. The lowest BCUT2D eigenvalue weighted by molar-refractivity contribution is 0.0956. The second kappa shape index (κ2) is 5.06. The summed E-state index contributed by atoms with van der Waals surface area (Å²) in [5.41, 5.74) is 5.21. The molecule has 1 aromatic rings. The molecule has 5 N–H and O–H groups in total. The van der Waals surface area contributed by atoms with Gasteiger partial charge >= 0.3 is 0 Å². The van der Waals surface area contributed by atoms with Gasteiger partial charge in [0.1, 0.15) is 11.6 Å². The zero-order valence-corrected chi connectivity index (χ0v) is 9.50. The molecule has 1 heterocycles. The molecule has 9 heteroatoms. The lowest BCUT2D eigenvalue weighted by atomic mass is 10.2. The van der Waals surface area contributed by atoms with Crippen molar-refractivity contribution in [2.45, 2.75) is 0 Å². The second-order valence-corrected chi connectivity index (χ2v) is 4.94. The number of carbonyl (C=O) groups excluding carboxylic acids is 1. The molecule has 0 saturated heterocycles. The number of primary sulfonamides is 1. The molecular formula is C8H11FN4O3S. The molecule has 1 rings (SSSR count). The number of aromatic nitrogens is 1. The molecule has 1 amide bonds. The van der Waals surface area contributed by atoms with E-state index in [2.05, 4.69) is 10.3 Å². The molecule has 17 heavy (non-hydrogen) atoms. The van der Waals surface area contributed by atoms with E-state index in [4.69, 9.17) is 10.9 Å². The molecule has 94 valence electrons. The summed E-state index contributed by atoms with van der Waals surface area (Å²) < 4.78 is 34.0. The third kappa shape index (κ3) is 4.33. The van der Waals surface area contributed by atoms with Crippen molar-refractivity contribution in [1.29, 1.82) is 0 Å². The average Bonchev–Trinajstić information content (AvgIpc) is 2.19. The van der Waals surface area contributed by atoms with Gasteiger partial charge in [-0.1, -0.05) is 0 Å². The van der Waals surface area contributed by atoms with Gasteiger partial charge in [-0.05, 0) is 6.07 Å². The molecule has 7 nitrogen and oxygen atoms in total. The van der Waals surface area contributed by atoms with E-state index in [1.54, 1.807) is 0 Å². The molecule has 0 saturated carbocycles. The van der Waals surface area contributed by atoms with Gasteiger partial charge in [-0.25, -0.2) is 22.9 Å². The van der Waals surface area contributed by atoms with E-state index in [9.17, 15) is 17.6 Å². The van der Waals surface area contributed by atoms with Gasteiger partial charge in [0, 0.05) is 6.54 Å². The maximum Gasteiger partial charge on any atom is 0.255 e. The Balaban J connectivity index is 2.67. The topological polar surface area (TPSA) is 128 Å². The molecule has 0 atom stereocenters. The number of nitrogens with two attached hydrogens (primary N) is 2. The molecule has 1 aromatic heterocycles. The van der Waals surface area contributed by atoms with Crippen LogP contribution in [-0.2, 0) is 10.0 Å². The SMILES string of the molecule is Nc1ncc(F)cc1C(=O)NCCS(N)(=O)=O. The van der Waals surface area contributed by atoms with E-state index < -0.39 is 27.5 Å². The normalized spacial score (nSPS) is 11.2. The van der Waals surface area contributed by atoms with E-state index in [-0.39, 0.29) is 17.9 Å². The van der Waals surface area contributed by atoms with Crippen LogP contribution in [0.4, 0.5) is 10.2 Å². The lowest BCUT2D eigenvalue weighted by Gasteiger charge is -2.06. The standard InChI is InChI=1S/C8H11FN4O3S/c9-5-3-6(7(10)13-4-5)8(14)12-1-2-17(11,15)16/h3-4H,1-2H2,(H2,10,13)(H,12,14)(H2,11,15,16). The van der Waals surface area contributed by atoms with Gasteiger partial charge in [0.25, 0.3) is 5.91 Å². The van der Waals surface area contributed by atoms with Gasteiger partial charge in [0.2, 0.25) is 10.0 Å². The highest BCUT2D eigenvalue weighted by Gasteiger charge is 2.12. The molecule has 0 aromatic carbocycles. The minimum absolute atomic E-state index is 0.139. The second-order valence-electron chi connectivity index (χ2n) is 3.21. The first kappa shape index (κ1) is 13.3. The van der Waals surface area contributed by atoms with Crippen molar-refractivity contribution in [3.05, 3.63) is 23.6 Å². The van der Waals surface area contributed by atoms with Crippen LogP contribution < -0.4 is 16.2 Å². The highest BCUT2D eigenvalue weighted by molar-refractivity contribution is 7.89. The molecule has 0 aliphatic heterocycles. The van der Waals surface area contributed by atoms with Crippen molar-refractivity contribution in [1.82, 2.24) is 10.3 Å². The molecule has 0 spiro atoms. The number of nitrogens with one attached hydrogen (secondary N) is 1. The summed E-state index contributed by atoms with van der Waals surface area (Å²) in [6, 6.07) is 0.911. The summed E-state index contributed by atoms with van der Waals surface area (Å²) in [5.74, 6) is -1.98. The van der Waals surface area contributed by atoms with Gasteiger partial charge in [-0.15, -0.1) is 0 Å². The number of pyridine rings is 1. The van der Waals surface area contributed by atoms with Crippen LogP contribution in [0.1, 0.15) is 10.4 Å². The van der Waals surface area contributed by atoms with Gasteiger partial charge in [-0.3, -0.25) is 4.79 Å². The van der Waals surface area contributed by atoms with E-state index in [1.807, 2.05) is 0 Å². The third-order valence-electron chi connectivity index (χ3n) is 1.80. The maximum atomic E-state index is 12.8. The van der Waals surface area contributed by atoms with E-state index >= 15 is 0 Å². The van der Waals surface area contributed by atoms with Crippen LogP contribution >= 0.6 is 0 Å². The minimum Gasteiger partial charge on any atom is -0.383 e. The van der Waals surface area contributed by atoms with Crippen LogP contribution in [0.5, 0.6) is 0 Å². The van der Waals surface area contributed by atoms with Crippen LogP contribution in [-0.4, -0.2) is 31.6 Å². The largest absolute Gasteiger partial charge is 0.383 e. The quantitative estimate of drug-likeness (QED) is 0.629. The van der Waals surface area contributed by atoms with Crippen molar-refractivity contribution in [3.63, 3.8) is 0 Å². The first-order chi connectivity index (χ1) is 7.79. The minimum atomic E-state index is -3.66. The number of halogens is 1. The monoisotopic (exact) mass is 262 g/mol. The van der Waals surface area contributed by atoms with Gasteiger partial charge < -0.3 is 11.1 Å². The predicted molar refractivity (Wildman–Crippen MR) is 58.9 cm³/mol. The molecular weight excluding hydrogens is 251 g/mol. The summed E-state index contributed by atoms with van der Waals surface area (Å²) in [6.45, 7) is -0.187. The van der Waals surface area contributed by atoms with Gasteiger partial charge in [0.15, 0.2) is 0 Å². The average molecular weight is 262 g/mol. The summed E-state index contributed by atoms with van der Waals surface area (Å²) >= 11 is 0. The van der Waals surface area contributed by atoms with Crippen LogP contribution in [0.25, 0.3) is 0 Å². The molecule has 0 fully saturated rings. The van der Waals surface area contributed by atoms with E-state index in [0.717, 1.165) is 12.3 Å². The Kier molecular flexibility index (Phi) is 3.97. The van der Waals surface area contributed by atoms with Crippen molar-refractivity contribution in [3.8, 4) is 0 Å². The van der Waals surface area contributed by atoms with Crippen molar-refractivity contribution in [2.75, 3.05) is 18.0 Å². The number of sulfonamides is 1. The number of hydrogen-bond donors (Lipinski definition) is 3. The fourth-order valence-corrected chi connectivity index (χ4v) is 1.42.